The number of piperazine rings is 1. The summed E-state index contributed by atoms with van der Waals surface area (Å²) in [4.78, 5) is 21.0. The number of nitrogens with one attached hydrogen (secondary N) is 1. The highest BCUT2D eigenvalue weighted by atomic mass is 19.1. The van der Waals surface area contributed by atoms with Crippen LogP contribution >= 0.6 is 0 Å². The summed E-state index contributed by atoms with van der Waals surface area (Å²) in [5, 5.41) is 2.62. The zero-order valence-corrected chi connectivity index (χ0v) is 16.1. The minimum absolute atomic E-state index is 0.165. The van der Waals surface area contributed by atoms with Gasteiger partial charge in [-0.1, -0.05) is 12.1 Å². The molecule has 0 saturated carbocycles. The number of benzene rings is 2. The Morgan fingerprint density at radius 1 is 0.933 bits per heavy atom. The van der Waals surface area contributed by atoms with E-state index in [1.54, 1.807) is 23.1 Å². The van der Waals surface area contributed by atoms with Crippen LogP contribution in [0.25, 0.3) is 16.6 Å². The topological polar surface area (TPSA) is 52.9 Å². The van der Waals surface area contributed by atoms with Gasteiger partial charge in [0.15, 0.2) is 5.82 Å². The largest absolute Gasteiger partial charge is 0.351 e. The normalized spacial score (nSPS) is 14.5. The van der Waals surface area contributed by atoms with Gasteiger partial charge in [0, 0.05) is 38.4 Å². The molecule has 5 rings (SSSR count). The van der Waals surface area contributed by atoms with Crippen molar-refractivity contribution < 1.29 is 13.6 Å². The van der Waals surface area contributed by atoms with Gasteiger partial charge in [-0.3, -0.25) is 0 Å². The van der Waals surface area contributed by atoms with Gasteiger partial charge < -0.3 is 19.5 Å². The third kappa shape index (κ3) is 3.20. The van der Waals surface area contributed by atoms with Crippen LogP contribution in [0, 0.1) is 11.6 Å². The zero-order chi connectivity index (χ0) is 20.7. The van der Waals surface area contributed by atoms with E-state index in [4.69, 9.17) is 4.98 Å². The van der Waals surface area contributed by atoms with E-state index >= 15 is 0 Å². The molecule has 0 radical (unpaired) electrons. The smallest absolute Gasteiger partial charge is 0.322 e. The molecule has 1 fully saturated rings. The Labute approximate surface area is 171 Å². The number of para-hydroxylation sites is 1. The van der Waals surface area contributed by atoms with Gasteiger partial charge in [-0.25, -0.2) is 18.6 Å². The molecule has 0 atom stereocenters. The van der Waals surface area contributed by atoms with Gasteiger partial charge >= 0.3 is 6.03 Å². The Bertz CT molecular complexity index is 1250. The molecule has 1 aliphatic rings. The second-order valence-corrected chi connectivity index (χ2v) is 7.22. The van der Waals surface area contributed by atoms with Gasteiger partial charge in [0.25, 0.3) is 0 Å². The quantitative estimate of drug-likeness (QED) is 0.544. The van der Waals surface area contributed by atoms with Crippen LogP contribution in [0.2, 0.25) is 0 Å². The number of aromatic nitrogens is 2. The maximum atomic E-state index is 13.8. The number of amides is 2. The van der Waals surface area contributed by atoms with E-state index < -0.39 is 5.82 Å². The lowest BCUT2D eigenvalue weighted by Crippen LogP contribution is -2.50. The standard InChI is InChI=1S/C22H19F2N5O/c23-15-7-8-19-18(14-15)25-21(20-6-3-9-29(19)20)27-10-12-28(13-11-27)22(30)26-17-5-2-1-4-16(17)24/h1-9,14H,10-13H2,(H,26,30). The van der Waals surface area contributed by atoms with Crippen molar-refractivity contribution in [1.82, 2.24) is 14.3 Å². The summed E-state index contributed by atoms with van der Waals surface area (Å²) in [5.74, 6) is -0.0398. The van der Waals surface area contributed by atoms with Gasteiger partial charge in [-0.2, -0.15) is 0 Å². The van der Waals surface area contributed by atoms with Crippen LogP contribution < -0.4 is 10.2 Å². The fraction of sp³-hybridized carbons (Fsp3) is 0.182. The number of hydrogen-bond donors (Lipinski definition) is 1. The average Bonchev–Trinajstić information content (AvgIpc) is 3.25. The van der Waals surface area contributed by atoms with Crippen LogP contribution in [0.15, 0.2) is 60.8 Å². The van der Waals surface area contributed by atoms with Crippen LogP contribution in [0.5, 0.6) is 0 Å². The SMILES string of the molecule is O=C(Nc1ccccc1F)N1CCN(c2nc3cc(F)ccc3n3cccc23)CC1. The lowest BCUT2D eigenvalue weighted by Gasteiger charge is -2.35. The van der Waals surface area contributed by atoms with E-state index in [1.165, 1.54) is 24.3 Å². The predicted molar refractivity (Wildman–Crippen MR) is 112 cm³/mol. The van der Waals surface area contributed by atoms with Crippen molar-refractivity contribution in [3.63, 3.8) is 0 Å². The van der Waals surface area contributed by atoms with Crippen molar-refractivity contribution in [2.24, 2.45) is 0 Å². The minimum Gasteiger partial charge on any atom is -0.351 e. The fourth-order valence-corrected chi connectivity index (χ4v) is 3.85. The van der Waals surface area contributed by atoms with Crippen molar-refractivity contribution in [3.05, 3.63) is 72.4 Å². The number of carbonyl (C=O) groups is 1. The van der Waals surface area contributed by atoms with E-state index in [0.717, 1.165) is 16.9 Å². The van der Waals surface area contributed by atoms with E-state index in [2.05, 4.69) is 10.2 Å². The number of fused-ring (bicyclic) bond motifs is 3. The number of hydrogen-bond acceptors (Lipinski definition) is 3. The van der Waals surface area contributed by atoms with Crippen LogP contribution in [0.4, 0.5) is 25.1 Å². The van der Waals surface area contributed by atoms with E-state index in [0.29, 0.717) is 31.7 Å². The number of rotatable bonds is 2. The number of urea groups is 1. The van der Waals surface area contributed by atoms with Crippen molar-refractivity contribution in [2.75, 3.05) is 36.4 Å². The molecule has 3 heterocycles. The first kappa shape index (κ1) is 18.4. The summed E-state index contributed by atoms with van der Waals surface area (Å²) in [6, 6.07) is 14.2. The highest BCUT2D eigenvalue weighted by Crippen LogP contribution is 2.27. The van der Waals surface area contributed by atoms with Crippen molar-refractivity contribution in [1.29, 1.82) is 0 Å². The molecule has 0 bridgehead atoms. The molecule has 2 aromatic carbocycles. The summed E-state index contributed by atoms with van der Waals surface area (Å²) in [5.41, 5.74) is 2.51. The highest BCUT2D eigenvalue weighted by Gasteiger charge is 2.24. The molecule has 0 aliphatic carbocycles. The predicted octanol–water partition coefficient (Wildman–Crippen LogP) is 4.12. The molecule has 152 valence electrons. The summed E-state index contributed by atoms with van der Waals surface area (Å²) in [7, 11) is 0. The van der Waals surface area contributed by atoms with Crippen molar-refractivity contribution >= 4 is 34.1 Å². The van der Waals surface area contributed by atoms with Crippen LogP contribution in [-0.4, -0.2) is 46.5 Å². The van der Waals surface area contributed by atoms with Gasteiger partial charge in [0.2, 0.25) is 0 Å². The molecule has 8 heteroatoms. The lowest BCUT2D eigenvalue weighted by molar-refractivity contribution is 0.208. The summed E-state index contributed by atoms with van der Waals surface area (Å²) < 4.78 is 29.5. The molecule has 2 amide bonds. The maximum absolute atomic E-state index is 13.8. The van der Waals surface area contributed by atoms with Gasteiger partial charge in [0.1, 0.15) is 11.6 Å². The van der Waals surface area contributed by atoms with Crippen molar-refractivity contribution in [3.8, 4) is 0 Å². The van der Waals surface area contributed by atoms with E-state index in [9.17, 15) is 13.6 Å². The Morgan fingerprint density at radius 2 is 1.73 bits per heavy atom. The molecular weight excluding hydrogens is 388 g/mol. The lowest BCUT2D eigenvalue weighted by atomic mass is 10.2. The highest BCUT2D eigenvalue weighted by molar-refractivity contribution is 5.90. The second-order valence-electron chi connectivity index (χ2n) is 7.22. The molecule has 0 unspecified atom stereocenters. The Morgan fingerprint density at radius 3 is 2.53 bits per heavy atom. The summed E-state index contributed by atoms with van der Waals surface area (Å²) in [6.45, 7) is 2.07. The second kappa shape index (κ2) is 7.29. The zero-order valence-electron chi connectivity index (χ0n) is 16.1. The average molecular weight is 407 g/mol. The number of anilines is 2. The van der Waals surface area contributed by atoms with Crippen LogP contribution in [0.1, 0.15) is 0 Å². The summed E-state index contributed by atoms with van der Waals surface area (Å²) >= 11 is 0. The molecule has 4 aromatic rings. The van der Waals surface area contributed by atoms with Crippen molar-refractivity contribution in [2.45, 2.75) is 0 Å². The third-order valence-electron chi connectivity index (χ3n) is 5.38. The molecule has 2 aromatic heterocycles. The molecule has 1 aliphatic heterocycles. The van der Waals surface area contributed by atoms with Gasteiger partial charge in [-0.05, 0) is 36.4 Å². The monoisotopic (exact) mass is 407 g/mol. The number of nitrogens with zero attached hydrogens (tertiary/aromatic N) is 4. The molecule has 0 spiro atoms. The first-order chi connectivity index (χ1) is 14.6. The molecular formula is C22H19F2N5O. The van der Waals surface area contributed by atoms with E-state index in [1.807, 2.05) is 22.7 Å². The Balaban J connectivity index is 1.36. The summed E-state index contributed by atoms with van der Waals surface area (Å²) in [6.07, 6.45) is 1.93. The van der Waals surface area contributed by atoms with Gasteiger partial charge in [0.05, 0.1) is 22.2 Å². The Kier molecular flexibility index (Phi) is 4.46. The molecule has 30 heavy (non-hydrogen) atoms. The minimum atomic E-state index is -0.465. The molecule has 6 nitrogen and oxygen atoms in total. The van der Waals surface area contributed by atoms with Crippen LogP contribution in [0.3, 0.4) is 0 Å². The first-order valence-electron chi connectivity index (χ1n) is 9.72. The number of halogens is 2. The Hall–Kier alpha value is -3.68. The first-order valence-corrected chi connectivity index (χ1v) is 9.72. The molecule has 1 saturated heterocycles. The number of carbonyl (C=O) groups excluding carboxylic acids is 1. The fourth-order valence-electron chi connectivity index (χ4n) is 3.85. The molecule has 1 N–H and O–H groups in total. The maximum Gasteiger partial charge on any atom is 0.322 e. The van der Waals surface area contributed by atoms with Gasteiger partial charge in [-0.15, -0.1) is 0 Å². The van der Waals surface area contributed by atoms with E-state index in [-0.39, 0.29) is 17.5 Å². The third-order valence-corrected chi connectivity index (χ3v) is 5.38. The van der Waals surface area contributed by atoms with Crippen LogP contribution in [-0.2, 0) is 0 Å².